The van der Waals surface area contributed by atoms with E-state index in [9.17, 15) is 0 Å². The third-order valence-electron chi connectivity index (χ3n) is 6.33. The van der Waals surface area contributed by atoms with E-state index in [1.807, 2.05) is 67.8 Å². The molecule has 0 saturated carbocycles. The molecule has 5 heteroatoms. The van der Waals surface area contributed by atoms with Gasteiger partial charge in [0.2, 0.25) is 0 Å². The average molecular weight is 691 g/mol. The molecule has 0 aliphatic carbocycles. The Kier molecular flexibility index (Phi) is 8.42. The van der Waals surface area contributed by atoms with Crippen molar-refractivity contribution < 1.29 is 24.5 Å². The van der Waals surface area contributed by atoms with Gasteiger partial charge in [0.1, 0.15) is 5.58 Å². The average Bonchev–Trinajstić information content (AvgIpc) is 3.28. The number of rotatable bonds is 3. The summed E-state index contributed by atoms with van der Waals surface area (Å²) in [6.07, 6.45) is 3.72. The van der Waals surface area contributed by atoms with Crippen molar-refractivity contribution in [2.75, 3.05) is 0 Å². The first-order valence-electron chi connectivity index (χ1n) is 12.5. The molecule has 0 atom stereocenters. The molecule has 0 unspecified atom stereocenters. The maximum atomic E-state index is 6.26. The molecular weight excluding hydrogens is 661 g/mol. The maximum absolute atomic E-state index is 6.26. The molecule has 0 aliphatic heterocycles. The number of nitrogens with zero attached hydrogens (tertiary/aromatic N) is 2. The Hall–Kier alpha value is -3.37. The van der Waals surface area contributed by atoms with E-state index in [4.69, 9.17) is 4.42 Å². The standard InChI is InChI=1S/C21H20NOSi.C12H10N.Ir/c1-14-11-12-22-17(13-14)15-9-10-19(24(2,3)4)20-16-7-5-6-8-18(16)23-21(15)20;1-10-7-8-12(13-9-10)11-5-3-2-4-6-11;/h5-8,10-13H,1-4H3;2-5,7-9H,1H3;/q2*-1;. The summed E-state index contributed by atoms with van der Waals surface area (Å²) in [5, 5.41) is 3.81. The van der Waals surface area contributed by atoms with E-state index in [0.29, 0.717) is 0 Å². The largest absolute Gasteiger partial charge is 0.501 e. The van der Waals surface area contributed by atoms with Crippen LogP contribution in [0.1, 0.15) is 11.1 Å². The Bertz CT molecular complexity index is 1670. The fraction of sp³-hybridized carbons (Fsp3) is 0.152. The van der Waals surface area contributed by atoms with Crippen molar-refractivity contribution in [2.24, 2.45) is 0 Å². The summed E-state index contributed by atoms with van der Waals surface area (Å²) < 4.78 is 6.26. The van der Waals surface area contributed by atoms with Gasteiger partial charge in [0, 0.05) is 46.0 Å². The molecule has 0 N–H and O–H groups in total. The SMILES string of the molecule is Cc1ccc(-c2[c-]cccc2)nc1.Cc1ccnc(-c2[c-]cc([Si](C)(C)C)c3c2oc2ccccc23)c1.[Ir]. The Morgan fingerprint density at radius 2 is 1.58 bits per heavy atom. The molecule has 0 fully saturated rings. The van der Waals surface area contributed by atoms with Crippen LogP contribution in [0, 0.1) is 26.0 Å². The fourth-order valence-corrected chi connectivity index (χ4v) is 5.91. The number of hydrogen-bond acceptors (Lipinski definition) is 3. The minimum atomic E-state index is -1.53. The molecule has 3 aromatic heterocycles. The number of fused-ring (bicyclic) bond motifs is 3. The number of aryl methyl sites for hydroxylation is 2. The van der Waals surface area contributed by atoms with Gasteiger partial charge in [0.25, 0.3) is 0 Å². The van der Waals surface area contributed by atoms with Crippen LogP contribution < -0.4 is 5.19 Å². The van der Waals surface area contributed by atoms with Gasteiger partial charge in [0.05, 0.1) is 5.58 Å². The van der Waals surface area contributed by atoms with Gasteiger partial charge >= 0.3 is 0 Å². The second-order valence-electron chi connectivity index (χ2n) is 10.3. The van der Waals surface area contributed by atoms with Crippen molar-refractivity contribution in [3.05, 3.63) is 115 Å². The quantitative estimate of drug-likeness (QED) is 0.139. The number of benzene rings is 3. The molecule has 0 spiro atoms. The second kappa shape index (κ2) is 11.6. The Balaban J connectivity index is 0.000000204. The zero-order chi connectivity index (χ0) is 26.0. The maximum Gasteiger partial charge on any atom is 0.120 e. The van der Waals surface area contributed by atoms with E-state index in [1.165, 1.54) is 27.1 Å². The van der Waals surface area contributed by atoms with Gasteiger partial charge in [-0.15, -0.1) is 53.2 Å². The van der Waals surface area contributed by atoms with Crippen molar-refractivity contribution in [1.82, 2.24) is 9.97 Å². The van der Waals surface area contributed by atoms with E-state index in [0.717, 1.165) is 33.7 Å². The van der Waals surface area contributed by atoms with Crippen LogP contribution >= 0.6 is 0 Å². The smallest absolute Gasteiger partial charge is 0.120 e. The first-order valence-corrected chi connectivity index (χ1v) is 16.0. The number of para-hydroxylation sites is 1. The third kappa shape index (κ3) is 5.86. The summed E-state index contributed by atoms with van der Waals surface area (Å²) in [7, 11) is -1.53. The van der Waals surface area contributed by atoms with Crippen molar-refractivity contribution in [3.8, 4) is 22.5 Å². The summed E-state index contributed by atoms with van der Waals surface area (Å²) in [4.78, 5) is 8.86. The van der Waals surface area contributed by atoms with Gasteiger partial charge < -0.3 is 14.4 Å². The predicted molar refractivity (Wildman–Crippen MR) is 157 cm³/mol. The van der Waals surface area contributed by atoms with Crippen LogP contribution in [0.15, 0.2) is 95.7 Å². The Morgan fingerprint density at radius 3 is 2.26 bits per heavy atom. The molecule has 6 aromatic rings. The third-order valence-corrected chi connectivity index (χ3v) is 8.34. The van der Waals surface area contributed by atoms with E-state index >= 15 is 0 Å². The van der Waals surface area contributed by atoms with Gasteiger partial charge in [-0.3, -0.25) is 0 Å². The van der Waals surface area contributed by atoms with E-state index in [1.54, 1.807) is 0 Å². The summed E-state index contributed by atoms with van der Waals surface area (Å²) in [5.74, 6) is 0. The van der Waals surface area contributed by atoms with Crippen LogP contribution in [0.25, 0.3) is 44.5 Å². The number of hydrogen-bond donors (Lipinski definition) is 0. The van der Waals surface area contributed by atoms with E-state index < -0.39 is 8.07 Å². The summed E-state index contributed by atoms with van der Waals surface area (Å²) in [5.41, 5.74) is 8.10. The fourth-order valence-electron chi connectivity index (χ4n) is 4.41. The zero-order valence-corrected chi connectivity index (χ0v) is 25.7. The van der Waals surface area contributed by atoms with Crippen molar-refractivity contribution in [3.63, 3.8) is 0 Å². The molecule has 38 heavy (non-hydrogen) atoms. The van der Waals surface area contributed by atoms with E-state index in [2.05, 4.69) is 79.0 Å². The monoisotopic (exact) mass is 691 g/mol. The molecular formula is C33H30IrN2OSi-2. The molecule has 3 heterocycles. The van der Waals surface area contributed by atoms with Crippen molar-refractivity contribution in [2.45, 2.75) is 33.5 Å². The van der Waals surface area contributed by atoms with Crippen molar-refractivity contribution in [1.29, 1.82) is 0 Å². The number of furan rings is 1. The summed E-state index contributed by atoms with van der Waals surface area (Å²) in [6.45, 7) is 11.2. The molecule has 1 radical (unpaired) electrons. The van der Waals surface area contributed by atoms with Crippen LogP contribution in [0.4, 0.5) is 0 Å². The predicted octanol–water partition coefficient (Wildman–Crippen LogP) is 8.16. The zero-order valence-electron chi connectivity index (χ0n) is 22.3. The van der Waals surface area contributed by atoms with Crippen LogP contribution in [0.3, 0.4) is 0 Å². The minimum absolute atomic E-state index is 0. The van der Waals surface area contributed by atoms with Gasteiger partial charge in [-0.05, 0) is 42.9 Å². The normalized spacial score (nSPS) is 11.1. The number of aromatic nitrogens is 2. The molecule has 3 aromatic carbocycles. The topological polar surface area (TPSA) is 38.9 Å². The van der Waals surface area contributed by atoms with Crippen LogP contribution in [-0.4, -0.2) is 18.0 Å². The molecule has 193 valence electrons. The van der Waals surface area contributed by atoms with Crippen LogP contribution in [0.5, 0.6) is 0 Å². The molecule has 3 nitrogen and oxygen atoms in total. The second-order valence-corrected chi connectivity index (χ2v) is 15.4. The van der Waals surface area contributed by atoms with E-state index in [-0.39, 0.29) is 20.1 Å². The van der Waals surface area contributed by atoms with Gasteiger partial charge in [-0.1, -0.05) is 72.6 Å². The molecule has 0 amide bonds. The number of pyridine rings is 2. The molecule has 0 saturated heterocycles. The minimum Gasteiger partial charge on any atom is -0.501 e. The Morgan fingerprint density at radius 1 is 0.789 bits per heavy atom. The first-order chi connectivity index (χ1) is 17.8. The Labute approximate surface area is 239 Å². The van der Waals surface area contributed by atoms with Gasteiger partial charge in [-0.2, -0.15) is 0 Å². The van der Waals surface area contributed by atoms with Crippen LogP contribution in [0.2, 0.25) is 19.6 Å². The van der Waals surface area contributed by atoms with Gasteiger partial charge in [0.15, 0.2) is 0 Å². The molecule has 0 aliphatic rings. The van der Waals surface area contributed by atoms with Crippen molar-refractivity contribution >= 4 is 35.2 Å². The molecule has 0 bridgehead atoms. The summed E-state index contributed by atoms with van der Waals surface area (Å²) in [6, 6.07) is 33.1. The van der Waals surface area contributed by atoms with Gasteiger partial charge in [-0.25, -0.2) is 0 Å². The van der Waals surface area contributed by atoms with Crippen LogP contribution in [-0.2, 0) is 20.1 Å². The summed E-state index contributed by atoms with van der Waals surface area (Å²) >= 11 is 0. The molecule has 6 rings (SSSR count). The first kappa shape index (κ1) is 27.7.